The molecule has 220 valence electrons. The van der Waals surface area contributed by atoms with E-state index in [0.29, 0.717) is 11.3 Å². The summed E-state index contributed by atoms with van der Waals surface area (Å²) in [4.78, 5) is 47.0. The lowest BCUT2D eigenvalue weighted by Gasteiger charge is -2.49. The van der Waals surface area contributed by atoms with Crippen molar-refractivity contribution in [1.29, 1.82) is 0 Å². The van der Waals surface area contributed by atoms with Crippen LogP contribution in [0.4, 0.5) is 0 Å². The molecular formula is C35H29N3O4S2. The Morgan fingerprint density at radius 1 is 0.932 bits per heavy atom. The number of fused-ring (bicyclic) bond motifs is 1. The Kier molecular flexibility index (Phi) is 9.24. The van der Waals surface area contributed by atoms with Crippen LogP contribution < -0.4 is 5.32 Å². The van der Waals surface area contributed by atoms with E-state index in [1.807, 2.05) is 115 Å². The van der Waals surface area contributed by atoms with Crippen LogP contribution in [0.3, 0.4) is 0 Å². The number of allylic oxidation sites excluding steroid dienone is 1. The second-order valence-corrected chi connectivity index (χ2v) is 12.3. The Bertz CT molecular complexity index is 1640. The summed E-state index contributed by atoms with van der Waals surface area (Å²) in [6, 6.07) is 31.5. The number of esters is 1. The second kappa shape index (κ2) is 13.8. The number of thioether (sulfide) groups is 2. The van der Waals surface area contributed by atoms with E-state index in [2.05, 4.69) is 10.3 Å². The number of benzene rings is 3. The van der Waals surface area contributed by atoms with Gasteiger partial charge in [0.25, 0.3) is 5.91 Å². The highest BCUT2D eigenvalue weighted by Crippen LogP contribution is 2.42. The first-order valence-corrected chi connectivity index (χ1v) is 16.1. The number of rotatable bonds is 10. The lowest BCUT2D eigenvalue weighted by atomic mass is 10.0. The number of amides is 2. The second-order valence-electron chi connectivity index (χ2n) is 10.2. The fraction of sp³-hybridized carbons (Fsp3) is 0.143. The largest absolute Gasteiger partial charge is 0.448 e. The quantitative estimate of drug-likeness (QED) is 0.134. The van der Waals surface area contributed by atoms with Gasteiger partial charge in [0.15, 0.2) is 6.10 Å². The van der Waals surface area contributed by atoms with Gasteiger partial charge in [-0.25, -0.2) is 4.79 Å². The van der Waals surface area contributed by atoms with Crippen LogP contribution in [0.5, 0.6) is 0 Å². The van der Waals surface area contributed by atoms with E-state index >= 15 is 0 Å². The summed E-state index contributed by atoms with van der Waals surface area (Å²) < 4.78 is 6.22. The van der Waals surface area contributed by atoms with Gasteiger partial charge in [0.2, 0.25) is 5.91 Å². The van der Waals surface area contributed by atoms with Crippen LogP contribution >= 0.6 is 23.5 Å². The molecule has 2 aliphatic rings. The maximum absolute atomic E-state index is 14.1. The third-order valence-electron chi connectivity index (χ3n) is 7.27. The third kappa shape index (κ3) is 6.64. The number of pyridine rings is 1. The van der Waals surface area contributed by atoms with Crippen molar-refractivity contribution in [3.05, 3.63) is 155 Å². The van der Waals surface area contributed by atoms with Gasteiger partial charge >= 0.3 is 5.97 Å². The fourth-order valence-electron chi connectivity index (χ4n) is 5.12. The number of aromatic nitrogens is 1. The Morgan fingerprint density at radius 3 is 2.18 bits per heavy atom. The third-order valence-corrected chi connectivity index (χ3v) is 9.39. The van der Waals surface area contributed by atoms with Crippen molar-refractivity contribution in [3.63, 3.8) is 0 Å². The highest BCUT2D eigenvalue weighted by atomic mass is 32.2. The summed E-state index contributed by atoms with van der Waals surface area (Å²) in [5.41, 5.74) is 3.39. The Balaban J connectivity index is 1.27. The topological polar surface area (TPSA) is 88.6 Å². The molecule has 0 aliphatic carbocycles. The normalized spacial score (nSPS) is 17.8. The molecule has 2 atom stereocenters. The molecule has 1 fully saturated rings. The van der Waals surface area contributed by atoms with E-state index in [1.165, 1.54) is 28.4 Å². The van der Waals surface area contributed by atoms with Gasteiger partial charge in [0.05, 0.1) is 6.42 Å². The van der Waals surface area contributed by atoms with Gasteiger partial charge in [-0.15, -0.1) is 11.8 Å². The molecule has 1 unspecified atom stereocenters. The highest BCUT2D eigenvalue weighted by molar-refractivity contribution is 8.02. The number of nitrogens with one attached hydrogen (secondary N) is 1. The van der Waals surface area contributed by atoms with Gasteiger partial charge in [-0.05, 0) is 45.9 Å². The molecule has 2 amide bonds. The first-order chi connectivity index (χ1) is 21.6. The standard InChI is InChI=1S/C35H29N3O4S2/c39-29(22-24-10-4-1-5-11-24)37-30-33(40)38-31(27(23-44-34(30)38)18-21-43-28-16-19-36-20-17-28)35(41)42-32(25-12-6-2-7-13-25)26-14-8-3-9-15-26/h1-21,30,32,34H,22-23H2,(H,37,39)/t30?,34-/m1/s1. The van der Waals surface area contributed by atoms with Crippen LogP contribution in [0.1, 0.15) is 22.8 Å². The predicted octanol–water partition coefficient (Wildman–Crippen LogP) is 5.92. The predicted molar refractivity (Wildman–Crippen MR) is 172 cm³/mol. The number of nitrogens with zero attached hydrogens (tertiary/aromatic N) is 2. The molecule has 2 aliphatic heterocycles. The van der Waals surface area contributed by atoms with Gasteiger partial charge in [0, 0.05) is 23.0 Å². The maximum Gasteiger partial charge on any atom is 0.356 e. The maximum atomic E-state index is 14.1. The summed E-state index contributed by atoms with van der Waals surface area (Å²) in [6.45, 7) is 0. The minimum atomic E-state index is -0.727. The molecule has 0 spiro atoms. The summed E-state index contributed by atoms with van der Waals surface area (Å²) in [7, 11) is 0. The van der Waals surface area contributed by atoms with Gasteiger partial charge in [0.1, 0.15) is 17.1 Å². The molecule has 3 heterocycles. The molecule has 4 aromatic rings. The van der Waals surface area contributed by atoms with Crippen molar-refractivity contribution in [2.45, 2.75) is 28.8 Å². The first-order valence-electron chi connectivity index (χ1n) is 14.1. The average Bonchev–Trinajstić information content (AvgIpc) is 3.07. The minimum Gasteiger partial charge on any atom is -0.448 e. The van der Waals surface area contributed by atoms with E-state index in [9.17, 15) is 14.4 Å². The van der Waals surface area contributed by atoms with E-state index in [-0.39, 0.29) is 23.9 Å². The molecular weight excluding hydrogens is 591 g/mol. The summed E-state index contributed by atoms with van der Waals surface area (Å²) in [6.07, 6.45) is 4.80. The zero-order valence-electron chi connectivity index (χ0n) is 23.6. The van der Waals surface area contributed by atoms with Crippen molar-refractivity contribution < 1.29 is 19.1 Å². The van der Waals surface area contributed by atoms with Crippen molar-refractivity contribution in [1.82, 2.24) is 15.2 Å². The molecule has 1 N–H and O–H groups in total. The van der Waals surface area contributed by atoms with Crippen LogP contribution in [0.25, 0.3) is 0 Å². The number of carbonyl (C=O) groups is 3. The Hall–Kier alpha value is -4.60. The van der Waals surface area contributed by atoms with Gasteiger partial charge in [-0.2, -0.15) is 0 Å². The number of carbonyl (C=O) groups excluding carboxylic acids is 3. The number of hydrogen-bond donors (Lipinski definition) is 1. The molecule has 6 rings (SSSR count). The first kappa shape index (κ1) is 29.5. The molecule has 9 heteroatoms. The average molecular weight is 620 g/mol. The van der Waals surface area contributed by atoms with Gasteiger partial charge in [-0.1, -0.05) is 103 Å². The molecule has 3 aromatic carbocycles. The fourth-order valence-corrected chi connectivity index (χ4v) is 7.11. The zero-order chi connectivity index (χ0) is 30.3. The molecule has 0 radical (unpaired) electrons. The van der Waals surface area contributed by atoms with Gasteiger partial charge in [-0.3, -0.25) is 19.5 Å². The van der Waals surface area contributed by atoms with E-state index < -0.39 is 23.5 Å². The summed E-state index contributed by atoms with van der Waals surface area (Å²) in [5, 5.41) is 4.37. The zero-order valence-corrected chi connectivity index (χ0v) is 25.2. The van der Waals surface area contributed by atoms with Crippen LogP contribution in [0, 0.1) is 0 Å². The molecule has 0 bridgehead atoms. The highest BCUT2D eigenvalue weighted by Gasteiger charge is 2.54. The van der Waals surface area contributed by atoms with Crippen LogP contribution in [-0.4, -0.2) is 44.8 Å². The Morgan fingerprint density at radius 2 is 1.55 bits per heavy atom. The summed E-state index contributed by atoms with van der Waals surface area (Å²) in [5.74, 6) is -0.697. The monoisotopic (exact) mass is 619 g/mol. The lowest BCUT2D eigenvalue weighted by Crippen LogP contribution is -2.70. The molecule has 0 saturated carbocycles. The molecule has 1 saturated heterocycles. The number of ether oxygens (including phenoxy) is 1. The molecule has 44 heavy (non-hydrogen) atoms. The van der Waals surface area contributed by atoms with E-state index in [0.717, 1.165) is 21.6 Å². The van der Waals surface area contributed by atoms with E-state index in [4.69, 9.17) is 4.74 Å². The van der Waals surface area contributed by atoms with E-state index in [1.54, 1.807) is 12.4 Å². The smallest absolute Gasteiger partial charge is 0.356 e. The van der Waals surface area contributed by atoms with Crippen LogP contribution in [0.2, 0.25) is 0 Å². The number of β-lactam (4-membered cyclic amide) rings is 1. The molecule has 1 aromatic heterocycles. The van der Waals surface area contributed by atoms with Crippen molar-refractivity contribution in [3.8, 4) is 0 Å². The van der Waals surface area contributed by atoms with Crippen molar-refractivity contribution in [2.75, 3.05) is 5.75 Å². The van der Waals surface area contributed by atoms with Crippen molar-refractivity contribution >= 4 is 41.3 Å². The molecule has 7 nitrogen and oxygen atoms in total. The summed E-state index contributed by atoms with van der Waals surface area (Å²) >= 11 is 3.00. The van der Waals surface area contributed by atoms with Crippen molar-refractivity contribution in [2.24, 2.45) is 0 Å². The minimum absolute atomic E-state index is 0.169. The Labute approximate surface area is 264 Å². The lowest BCUT2D eigenvalue weighted by molar-refractivity contribution is -0.154. The SMILES string of the molecule is O=C(Cc1ccccc1)NC1C(=O)N2C(C(=O)OC(c3ccccc3)c3ccccc3)=C(C=CSc3ccncc3)CS[C@H]12. The van der Waals surface area contributed by atoms with Crippen LogP contribution in [-0.2, 0) is 25.5 Å². The number of hydrogen-bond acceptors (Lipinski definition) is 7. The van der Waals surface area contributed by atoms with Gasteiger partial charge < -0.3 is 10.1 Å². The van der Waals surface area contributed by atoms with Crippen LogP contribution in [0.15, 0.2) is 143 Å².